The number of carbonyl (C=O) groups excluding carboxylic acids is 2. The molecule has 0 rings (SSSR count). The van der Waals surface area contributed by atoms with Crippen LogP contribution in [0.4, 0.5) is 0 Å². The highest BCUT2D eigenvalue weighted by atomic mass is 16.6. The van der Waals surface area contributed by atoms with Crippen molar-refractivity contribution in [2.24, 2.45) is 10.2 Å². The van der Waals surface area contributed by atoms with Crippen molar-refractivity contribution >= 4 is 11.9 Å². The van der Waals surface area contributed by atoms with Gasteiger partial charge in [-0.1, -0.05) is 0 Å². The van der Waals surface area contributed by atoms with Crippen LogP contribution in [0, 0.1) is 0 Å². The van der Waals surface area contributed by atoms with Crippen molar-refractivity contribution in [3.8, 4) is 0 Å². The number of methoxy groups -OCH3 is 1. The van der Waals surface area contributed by atoms with E-state index in [1.54, 1.807) is 27.7 Å². The van der Waals surface area contributed by atoms with Crippen molar-refractivity contribution in [1.82, 2.24) is 0 Å². The molecule has 92 valence electrons. The van der Waals surface area contributed by atoms with Crippen LogP contribution < -0.4 is 0 Å². The van der Waals surface area contributed by atoms with Gasteiger partial charge in [-0.15, -0.1) is 5.11 Å². The first kappa shape index (κ1) is 14.5. The van der Waals surface area contributed by atoms with Gasteiger partial charge < -0.3 is 9.47 Å². The molecule has 0 atom stereocenters. The van der Waals surface area contributed by atoms with E-state index in [0.717, 1.165) is 0 Å². The number of ether oxygens (including phenoxy) is 2. The van der Waals surface area contributed by atoms with Crippen LogP contribution in [0.15, 0.2) is 10.2 Å². The molecule has 0 heterocycles. The zero-order valence-corrected chi connectivity index (χ0v) is 10.5. The zero-order valence-electron chi connectivity index (χ0n) is 10.5. The third-order valence-corrected chi connectivity index (χ3v) is 1.62. The van der Waals surface area contributed by atoms with Gasteiger partial charge in [0, 0.05) is 6.92 Å². The molecule has 0 spiro atoms. The molecule has 0 aliphatic heterocycles. The lowest BCUT2D eigenvalue weighted by molar-refractivity contribution is -0.153. The highest BCUT2D eigenvalue weighted by molar-refractivity contribution is 5.79. The Morgan fingerprint density at radius 3 is 1.94 bits per heavy atom. The van der Waals surface area contributed by atoms with Gasteiger partial charge in [-0.25, -0.2) is 4.79 Å². The molecule has 0 saturated heterocycles. The minimum atomic E-state index is -1.09. The Bertz CT molecular complexity index is 308. The first-order valence-electron chi connectivity index (χ1n) is 4.83. The molecular weight excluding hydrogens is 212 g/mol. The monoisotopic (exact) mass is 230 g/mol. The number of esters is 2. The number of hydrogen-bond donors (Lipinski definition) is 0. The van der Waals surface area contributed by atoms with Gasteiger partial charge in [-0.2, -0.15) is 5.11 Å². The lowest BCUT2D eigenvalue weighted by atomic mass is 10.1. The van der Waals surface area contributed by atoms with E-state index in [2.05, 4.69) is 15.0 Å². The molecular formula is C10H18N2O4. The van der Waals surface area contributed by atoms with E-state index in [0.29, 0.717) is 0 Å². The van der Waals surface area contributed by atoms with Crippen LogP contribution in [-0.4, -0.2) is 30.3 Å². The van der Waals surface area contributed by atoms with Crippen LogP contribution in [0.3, 0.4) is 0 Å². The van der Waals surface area contributed by atoms with Gasteiger partial charge in [0.2, 0.25) is 5.72 Å². The van der Waals surface area contributed by atoms with Gasteiger partial charge in [0.25, 0.3) is 0 Å². The summed E-state index contributed by atoms with van der Waals surface area (Å²) < 4.78 is 9.46. The molecule has 0 aromatic rings. The third kappa shape index (κ3) is 4.86. The highest BCUT2D eigenvalue weighted by Gasteiger charge is 2.30. The lowest BCUT2D eigenvalue weighted by Gasteiger charge is -2.21. The van der Waals surface area contributed by atoms with Crippen molar-refractivity contribution < 1.29 is 19.1 Å². The second kappa shape index (κ2) is 5.05. The molecule has 0 aromatic carbocycles. The number of nitrogens with zero attached hydrogens (tertiary/aromatic N) is 2. The first-order valence-corrected chi connectivity index (χ1v) is 4.83. The molecule has 0 fully saturated rings. The normalized spacial score (nSPS) is 12.6. The van der Waals surface area contributed by atoms with Gasteiger partial charge in [0.05, 0.1) is 7.11 Å². The molecule has 0 aliphatic carbocycles. The van der Waals surface area contributed by atoms with Crippen LogP contribution in [-0.2, 0) is 19.1 Å². The molecule has 0 amide bonds. The third-order valence-electron chi connectivity index (χ3n) is 1.62. The van der Waals surface area contributed by atoms with Crippen LogP contribution in [0.5, 0.6) is 0 Å². The van der Waals surface area contributed by atoms with E-state index in [4.69, 9.17) is 4.74 Å². The SMILES string of the molecule is COC(=O)C(C)(C)N=NC(C)(C)OC(C)=O. The predicted molar refractivity (Wildman–Crippen MR) is 56.8 cm³/mol. The topological polar surface area (TPSA) is 77.3 Å². The maximum Gasteiger partial charge on any atom is 0.335 e. The largest absolute Gasteiger partial charge is 0.467 e. The van der Waals surface area contributed by atoms with Crippen molar-refractivity contribution in [3.63, 3.8) is 0 Å². The van der Waals surface area contributed by atoms with Gasteiger partial charge in [-0.3, -0.25) is 4.79 Å². The van der Waals surface area contributed by atoms with Crippen LogP contribution in [0.1, 0.15) is 34.6 Å². The standard InChI is InChI=1S/C10H18N2O4/c1-7(13)16-10(4,5)12-11-9(2,3)8(14)15-6/h1-6H3. The number of carbonyl (C=O) groups is 2. The Kier molecular flexibility index (Phi) is 4.59. The Balaban J connectivity index is 4.70. The zero-order chi connectivity index (χ0) is 13.0. The Hall–Kier alpha value is -1.46. The van der Waals surface area contributed by atoms with Gasteiger partial charge in [-0.05, 0) is 27.7 Å². The van der Waals surface area contributed by atoms with E-state index in [-0.39, 0.29) is 0 Å². The maximum atomic E-state index is 11.3. The molecule has 0 unspecified atom stereocenters. The quantitative estimate of drug-likeness (QED) is 0.544. The average Bonchev–Trinajstić information content (AvgIpc) is 2.12. The van der Waals surface area contributed by atoms with E-state index in [1.807, 2.05) is 0 Å². The molecule has 0 saturated carbocycles. The fourth-order valence-electron chi connectivity index (χ4n) is 0.908. The average molecular weight is 230 g/mol. The summed E-state index contributed by atoms with van der Waals surface area (Å²) >= 11 is 0. The Labute approximate surface area is 95.0 Å². The number of hydrogen-bond acceptors (Lipinski definition) is 6. The summed E-state index contributed by atoms with van der Waals surface area (Å²) in [5.74, 6) is -0.963. The molecule has 0 radical (unpaired) electrons. The van der Waals surface area contributed by atoms with Crippen molar-refractivity contribution in [1.29, 1.82) is 0 Å². The molecule has 0 bridgehead atoms. The number of azo groups is 1. The minimum absolute atomic E-state index is 0.458. The summed E-state index contributed by atoms with van der Waals surface area (Å²) in [6.07, 6.45) is 0. The second-order valence-corrected chi connectivity index (χ2v) is 4.29. The van der Waals surface area contributed by atoms with Gasteiger partial charge in [0.15, 0.2) is 5.54 Å². The molecule has 0 aliphatic rings. The summed E-state index contributed by atoms with van der Waals surface area (Å²) in [6, 6.07) is 0. The molecule has 0 N–H and O–H groups in total. The molecule has 16 heavy (non-hydrogen) atoms. The van der Waals surface area contributed by atoms with E-state index in [9.17, 15) is 9.59 Å². The van der Waals surface area contributed by atoms with Gasteiger partial charge in [0.1, 0.15) is 0 Å². The second-order valence-electron chi connectivity index (χ2n) is 4.29. The lowest BCUT2D eigenvalue weighted by Crippen LogP contribution is -2.32. The van der Waals surface area contributed by atoms with Crippen molar-refractivity contribution in [2.45, 2.75) is 45.9 Å². The summed E-state index contributed by atoms with van der Waals surface area (Å²) in [4.78, 5) is 22.0. The van der Waals surface area contributed by atoms with Crippen LogP contribution in [0.2, 0.25) is 0 Å². The number of rotatable bonds is 4. The van der Waals surface area contributed by atoms with Gasteiger partial charge >= 0.3 is 11.9 Å². The van der Waals surface area contributed by atoms with E-state index in [1.165, 1.54) is 14.0 Å². The highest BCUT2D eigenvalue weighted by Crippen LogP contribution is 2.18. The Morgan fingerprint density at radius 2 is 1.56 bits per heavy atom. The smallest absolute Gasteiger partial charge is 0.335 e. The fraction of sp³-hybridized carbons (Fsp3) is 0.800. The van der Waals surface area contributed by atoms with Crippen LogP contribution in [0.25, 0.3) is 0 Å². The predicted octanol–water partition coefficient (Wildman–Crippen LogP) is 1.69. The fourth-order valence-corrected chi connectivity index (χ4v) is 0.908. The molecule has 6 nitrogen and oxygen atoms in total. The van der Waals surface area contributed by atoms with E-state index >= 15 is 0 Å². The minimum Gasteiger partial charge on any atom is -0.467 e. The van der Waals surface area contributed by atoms with Crippen molar-refractivity contribution in [2.75, 3.05) is 7.11 Å². The molecule has 0 aromatic heterocycles. The van der Waals surface area contributed by atoms with E-state index < -0.39 is 23.2 Å². The summed E-state index contributed by atoms with van der Waals surface area (Å²) in [6.45, 7) is 7.55. The van der Waals surface area contributed by atoms with Crippen molar-refractivity contribution in [3.05, 3.63) is 0 Å². The maximum absolute atomic E-state index is 11.3. The van der Waals surface area contributed by atoms with Crippen LogP contribution >= 0.6 is 0 Å². The summed E-state index contributed by atoms with van der Waals surface area (Å²) in [5.41, 5.74) is -2.18. The Morgan fingerprint density at radius 1 is 1.06 bits per heavy atom. The summed E-state index contributed by atoms with van der Waals surface area (Å²) in [5, 5.41) is 7.64. The summed E-state index contributed by atoms with van der Waals surface area (Å²) in [7, 11) is 1.27. The first-order chi connectivity index (χ1) is 7.10. The molecule has 6 heteroatoms.